The predicted molar refractivity (Wildman–Crippen MR) is 44.3 cm³/mol. The highest BCUT2D eigenvalue weighted by Gasteiger charge is 2.18. The Labute approximate surface area is 67.1 Å². The second kappa shape index (κ2) is 3.03. The molecule has 3 nitrogen and oxygen atoms in total. The molecule has 1 aliphatic heterocycles. The molecule has 1 amide bonds. The van der Waals surface area contributed by atoms with E-state index in [0.29, 0.717) is 12.3 Å². The van der Waals surface area contributed by atoms with Crippen LogP contribution in [0.3, 0.4) is 0 Å². The molecule has 1 rings (SSSR count). The summed E-state index contributed by atoms with van der Waals surface area (Å²) in [5, 5.41) is 5.61. The number of rotatable bonds is 1. The highest BCUT2D eigenvalue weighted by molar-refractivity contribution is 5.93. The molecule has 0 aromatic heterocycles. The number of amides is 1. The van der Waals surface area contributed by atoms with E-state index in [1.165, 1.54) is 5.01 Å². The van der Waals surface area contributed by atoms with Crippen molar-refractivity contribution in [3.8, 4) is 0 Å². The van der Waals surface area contributed by atoms with E-state index >= 15 is 0 Å². The molecular formula is C8H14N2O. The van der Waals surface area contributed by atoms with Crippen LogP contribution in [0.4, 0.5) is 0 Å². The molecule has 0 atom stereocenters. The zero-order valence-electron chi connectivity index (χ0n) is 7.29. The molecule has 62 valence electrons. The van der Waals surface area contributed by atoms with Gasteiger partial charge in [-0.1, -0.05) is 13.8 Å². The lowest BCUT2D eigenvalue weighted by atomic mass is 10.0. The summed E-state index contributed by atoms with van der Waals surface area (Å²) in [5.74, 6) is 0.583. The summed E-state index contributed by atoms with van der Waals surface area (Å²) >= 11 is 0. The fraction of sp³-hybridized carbons (Fsp3) is 0.750. The molecule has 1 aliphatic rings. The van der Waals surface area contributed by atoms with Crippen LogP contribution in [-0.4, -0.2) is 23.7 Å². The van der Waals surface area contributed by atoms with Gasteiger partial charge in [-0.2, -0.15) is 5.10 Å². The summed E-state index contributed by atoms with van der Waals surface area (Å²) in [5.41, 5.74) is 1.13. The lowest BCUT2D eigenvalue weighted by Gasteiger charge is -2.21. The molecule has 0 N–H and O–H groups in total. The van der Waals surface area contributed by atoms with Crippen molar-refractivity contribution in [2.75, 3.05) is 7.05 Å². The molecule has 1 heterocycles. The van der Waals surface area contributed by atoms with Crippen LogP contribution in [0, 0.1) is 5.92 Å². The van der Waals surface area contributed by atoms with Gasteiger partial charge in [0.15, 0.2) is 0 Å². The molecule has 3 heteroatoms. The third kappa shape index (κ3) is 1.79. The van der Waals surface area contributed by atoms with Crippen molar-refractivity contribution in [2.45, 2.75) is 26.7 Å². The minimum atomic E-state index is 0.120. The Balaban J connectivity index is 2.71. The van der Waals surface area contributed by atoms with E-state index in [1.54, 1.807) is 7.05 Å². The second-order valence-electron chi connectivity index (χ2n) is 3.16. The number of nitrogens with zero attached hydrogens (tertiary/aromatic N) is 2. The Morgan fingerprint density at radius 3 is 2.55 bits per heavy atom. The number of hydrogen-bond acceptors (Lipinski definition) is 2. The monoisotopic (exact) mass is 154 g/mol. The Morgan fingerprint density at radius 2 is 2.09 bits per heavy atom. The van der Waals surface area contributed by atoms with Crippen LogP contribution in [0.2, 0.25) is 0 Å². The van der Waals surface area contributed by atoms with E-state index < -0.39 is 0 Å². The first-order valence-electron chi connectivity index (χ1n) is 3.95. The van der Waals surface area contributed by atoms with Gasteiger partial charge in [0, 0.05) is 19.2 Å². The largest absolute Gasteiger partial charge is 0.273 e. The highest BCUT2D eigenvalue weighted by Crippen LogP contribution is 2.12. The molecule has 0 aliphatic carbocycles. The summed E-state index contributed by atoms with van der Waals surface area (Å²) in [6, 6.07) is 0. The van der Waals surface area contributed by atoms with Crippen molar-refractivity contribution in [3.63, 3.8) is 0 Å². The first-order valence-corrected chi connectivity index (χ1v) is 3.95. The third-order valence-corrected chi connectivity index (χ3v) is 1.90. The number of hydrogen-bond donors (Lipinski definition) is 0. The first-order chi connectivity index (χ1) is 5.11. The topological polar surface area (TPSA) is 32.7 Å². The van der Waals surface area contributed by atoms with E-state index in [0.717, 1.165) is 12.1 Å². The fourth-order valence-electron chi connectivity index (χ4n) is 1.10. The molecule has 0 fully saturated rings. The van der Waals surface area contributed by atoms with Crippen LogP contribution in [0.15, 0.2) is 5.10 Å². The van der Waals surface area contributed by atoms with Gasteiger partial charge in [0.2, 0.25) is 5.91 Å². The molecule has 0 saturated heterocycles. The van der Waals surface area contributed by atoms with Gasteiger partial charge in [0.25, 0.3) is 0 Å². The average molecular weight is 154 g/mol. The lowest BCUT2D eigenvalue weighted by molar-refractivity contribution is -0.130. The Kier molecular flexibility index (Phi) is 2.27. The van der Waals surface area contributed by atoms with Crippen LogP contribution in [0.5, 0.6) is 0 Å². The maximum atomic E-state index is 11.0. The fourth-order valence-corrected chi connectivity index (χ4v) is 1.10. The lowest BCUT2D eigenvalue weighted by Crippen LogP contribution is -2.29. The second-order valence-corrected chi connectivity index (χ2v) is 3.16. The molecule has 0 spiro atoms. The van der Waals surface area contributed by atoms with E-state index in [2.05, 4.69) is 18.9 Å². The maximum absolute atomic E-state index is 11.0. The zero-order valence-corrected chi connectivity index (χ0v) is 7.29. The molecular weight excluding hydrogens is 140 g/mol. The van der Waals surface area contributed by atoms with Crippen molar-refractivity contribution < 1.29 is 4.79 Å². The maximum Gasteiger partial charge on any atom is 0.242 e. The van der Waals surface area contributed by atoms with Crippen LogP contribution in [-0.2, 0) is 4.79 Å². The highest BCUT2D eigenvalue weighted by atomic mass is 16.2. The number of carbonyl (C=O) groups excluding carboxylic acids is 1. The van der Waals surface area contributed by atoms with E-state index in [-0.39, 0.29) is 5.91 Å². The van der Waals surface area contributed by atoms with Crippen molar-refractivity contribution in [2.24, 2.45) is 11.0 Å². The molecule has 0 bridgehead atoms. The number of carbonyl (C=O) groups is 1. The van der Waals surface area contributed by atoms with E-state index in [9.17, 15) is 4.79 Å². The summed E-state index contributed by atoms with van der Waals surface area (Å²) in [6.07, 6.45) is 1.45. The summed E-state index contributed by atoms with van der Waals surface area (Å²) < 4.78 is 0. The summed E-state index contributed by atoms with van der Waals surface area (Å²) in [6.45, 7) is 4.20. The van der Waals surface area contributed by atoms with Crippen molar-refractivity contribution in [1.82, 2.24) is 5.01 Å². The first kappa shape index (κ1) is 8.24. The van der Waals surface area contributed by atoms with Gasteiger partial charge in [-0.25, -0.2) is 5.01 Å². The summed E-state index contributed by atoms with van der Waals surface area (Å²) in [7, 11) is 1.71. The van der Waals surface area contributed by atoms with Gasteiger partial charge < -0.3 is 0 Å². The van der Waals surface area contributed by atoms with Gasteiger partial charge >= 0.3 is 0 Å². The number of hydrazone groups is 1. The van der Waals surface area contributed by atoms with Gasteiger partial charge in [0.05, 0.1) is 0 Å². The van der Waals surface area contributed by atoms with Crippen molar-refractivity contribution in [3.05, 3.63) is 0 Å². The van der Waals surface area contributed by atoms with Crippen molar-refractivity contribution >= 4 is 11.6 Å². The summed E-state index contributed by atoms with van der Waals surface area (Å²) in [4.78, 5) is 11.0. The Hall–Kier alpha value is -0.860. The van der Waals surface area contributed by atoms with Gasteiger partial charge in [0.1, 0.15) is 0 Å². The Morgan fingerprint density at radius 1 is 1.45 bits per heavy atom. The van der Waals surface area contributed by atoms with Gasteiger partial charge in [-0.3, -0.25) is 4.79 Å². The average Bonchev–Trinajstić information content (AvgIpc) is 1.94. The zero-order chi connectivity index (χ0) is 8.43. The van der Waals surface area contributed by atoms with E-state index in [1.807, 2.05) is 0 Å². The molecule has 0 aromatic carbocycles. The van der Waals surface area contributed by atoms with E-state index in [4.69, 9.17) is 0 Å². The Bertz CT molecular complexity index is 196. The standard InChI is InChI=1S/C8H14N2O/c1-6(2)7-4-5-8(11)10(3)9-7/h6H,4-5H2,1-3H3. The van der Waals surface area contributed by atoms with Crippen LogP contribution < -0.4 is 0 Å². The smallest absolute Gasteiger partial charge is 0.242 e. The molecule has 0 saturated carbocycles. The van der Waals surface area contributed by atoms with Crippen molar-refractivity contribution in [1.29, 1.82) is 0 Å². The van der Waals surface area contributed by atoms with Gasteiger partial charge in [-0.15, -0.1) is 0 Å². The van der Waals surface area contributed by atoms with Gasteiger partial charge in [-0.05, 0) is 12.3 Å². The minimum absolute atomic E-state index is 0.120. The SMILES string of the molecule is CC(C)C1=NN(C)C(=O)CC1. The molecule has 11 heavy (non-hydrogen) atoms. The van der Waals surface area contributed by atoms with Crippen LogP contribution in [0.25, 0.3) is 0 Å². The predicted octanol–water partition coefficient (Wildman–Crippen LogP) is 1.25. The third-order valence-electron chi connectivity index (χ3n) is 1.90. The normalized spacial score (nSPS) is 19.1. The molecule has 0 radical (unpaired) electrons. The van der Waals surface area contributed by atoms with Crippen LogP contribution >= 0.6 is 0 Å². The molecule has 0 unspecified atom stereocenters. The molecule has 0 aromatic rings. The van der Waals surface area contributed by atoms with Crippen LogP contribution in [0.1, 0.15) is 26.7 Å². The quantitative estimate of drug-likeness (QED) is 0.559. The minimum Gasteiger partial charge on any atom is -0.273 e.